The Kier molecular flexibility index (Phi) is 3.03. The predicted molar refractivity (Wildman–Crippen MR) is 47.5 cm³/mol. The van der Waals surface area contributed by atoms with Crippen LogP contribution in [0.1, 0.15) is 5.56 Å². The van der Waals surface area contributed by atoms with E-state index in [4.69, 9.17) is 28.3 Å². The van der Waals surface area contributed by atoms with Crippen molar-refractivity contribution < 1.29 is 5.11 Å². The van der Waals surface area contributed by atoms with E-state index in [0.29, 0.717) is 10.9 Å². The number of benzene rings is 1. The van der Waals surface area contributed by atoms with E-state index in [1.165, 1.54) is 0 Å². The van der Waals surface area contributed by atoms with Crippen LogP contribution < -0.4 is 0 Å². The van der Waals surface area contributed by atoms with Crippen LogP contribution in [0.4, 0.5) is 0 Å². The first-order valence-corrected chi connectivity index (χ1v) is 4.18. The number of hydrogen-bond acceptors (Lipinski definition) is 1. The molecule has 0 fully saturated rings. The first kappa shape index (κ1) is 8.69. The summed E-state index contributed by atoms with van der Waals surface area (Å²) in [5.41, 5.74) is 1.04. The highest BCUT2D eigenvalue weighted by Gasteiger charge is 1.98. The molecule has 0 saturated heterocycles. The quantitative estimate of drug-likeness (QED) is 0.712. The minimum absolute atomic E-state index is 0.116. The third kappa shape index (κ3) is 2.28. The molecule has 0 spiro atoms. The zero-order valence-electron chi connectivity index (χ0n) is 5.85. The van der Waals surface area contributed by atoms with Crippen LogP contribution in [0.25, 0.3) is 0 Å². The van der Waals surface area contributed by atoms with Crippen molar-refractivity contribution in [3.8, 4) is 5.75 Å². The van der Waals surface area contributed by atoms with E-state index in [0.717, 1.165) is 12.0 Å². The zero-order chi connectivity index (χ0) is 8.27. The van der Waals surface area contributed by atoms with Crippen molar-refractivity contribution in [1.82, 2.24) is 0 Å². The molecule has 1 nitrogen and oxygen atoms in total. The highest BCUT2D eigenvalue weighted by atomic mass is 35.5. The van der Waals surface area contributed by atoms with Crippen LogP contribution in [0.15, 0.2) is 18.2 Å². The van der Waals surface area contributed by atoms with E-state index >= 15 is 0 Å². The summed E-state index contributed by atoms with van der Waals surface area (Å²) in [5, 5.41) is 9.43. The fourth-order valence-corrected chi connectivity index (χ4v) is 1.24. The van der Waals surface area contributed by atoms with Crippen LogP contribution in [-0.2, 0) is 6.42 Å². The Labute approximate surface area is 75.6 Å². The lowest BCUT2D eigenvalue weighted by Gasteiger charge is -1.99. The summed E-state index contributed by atoms with van der Waals surface area (Å²) >= 11 is 11.2. The van der Waals surface area contributed by atoms with Crippen molar-refractivity contribution in [1.29, 1.82) is 0 Å². The molecule has 3 heteroatoms. The average molecular weight is 191 g/mol. The minimum atomic E-state index is 0.116. The molecule has 0 heterocycles. The van der Waals surface area contributed by atoms with Gasteiger partial charge in [-0.25, -0.2) is 0 Å². The van der Waals surface area contributed by atoms with Gasteiger partial charge in [-0.3, -0.25) is 0 Å². The molecule has 0 aliphatic heterocycles. The predicted octanol–water partition coefficient (Wildman–Crippen LogP) is 2.83. The lowest BCUT2D eigenvalue weighted by atomic mass is 10.2. The van der Waals surface area contributed by atoms with Gasteiger partial charge >= 0.3 is 0 Å². The number of hydrogen-bond donors (Lipinski definition) is 1. The van der Waals surface area contributed by atoms with Crippen molar-refractivity contribution in [3.05, 3.63) is 28.8 Å². The SMILES string of the molecule is Oc1ccc(CCCl)cc1Cl. The van der Waals surface area contributed by atoms with E-state index in [1.807, 2.05) is 6.07 Å². The number of alkyl halides is 1. The summed E-state index contributed by atoms with van der Waals surface area (Å²) in [4.78, 5) is 0. The maximum atomic E-state index is 9.05. The van der Waals surface area contributed by atoms with Crippen LogP contribution in [-0.4, -0.2) is 11.0 Å². The lowest BCUT2D eigenvalue weighted by Crippen LogP contribution is -1.84. The highest BCUT2D eigenvalue weighted by molar-refractivity contribution is 6.32. The fourth-order valence-electron chi connectivity index (χ4n) is 0.815. The molecule has 1 aromatic carbocycles. The Hall–Kier alpha value is -0.400. The van der Waals surface area contributed by atoms with Crippen molar-refractivity contribution in [2.75, 3.05) is 5.88 Å². The third-order valence-corrected chi connectivity index (χ3v) is 1.89. The van der Waals surface area contributed by atoms with Gasteiger partial charge in [0.05, 0.1) is 5.02 Å². The van der Waals surface area contributed by atoms with Gasteiger partial charge in [-0.1, -0.05) is 17.7 Å². The Morgan fingerprint density at radius 3 is 2.64 bits per heavy atom. The molecule has 1 N–H and O–H groups in total. The Morgan fingerprint density at radius 1 is 1.36 bits per heavy atom. The number of rotatable bonds is 2. The van der Waals surface area contributed by atoms with Gasteiger partial charge < -0.3 is 5.11 Å². The van der Waals surface area contributed by atoms with Crippen LogP contribution in [0, 0.1) is 0 Å². The summed E-state index contributed by atoms with van der Waals surface area (Å²) in [6.07, 6.45) is 0.779. The summed E-state index contributed by atoms with van der Waals surface area (Å²) in [6, 6.07) is 5.10. The molecule has 0 radical (unpaired) electrons. The molecule has 0 bridgehead atoms. The van der Waals surface area contributed by atoms with E-state index in [-0.39, 0.29) is 5.75 Å². The first-order chi connectivity index (χ1) is 5.24. The lowest BCUT2D eigenvalue weighted by molar-refractivity contribution is 0.475. The summed E-state index contributed by atoms with van der Waals surface area (Å²) in [6.45, 7) is 0. The molecule has 0 amide bonds. The molecule has 0 aliphatic rings. The molecule has 0 saturated carbocycles. The molecule has 1 aromatic rings. The summed E-state index contributed by atoms with van der Waals surface area (Å²) in [5.74, 6) is 0.686. The van der Waals surface area contributed by atoms with Gasteiger partial charge in [0.1, 0.15) is 5.75 Å². The number of phenolic OH excluding ortho intramolecular Hbond substituents is 1. The number of halogens is 2. The van der Waals surface area contributed by atoms with Gasteiger partial charge in [0.2, 0.25) is 0 Å². The first-order valence-electron chi connectivity index (χ1n) is 3.27. The standard InChI is InChI=1S/C8H8Cl2O/c9-4-3-6-1-2-8(11)7(10)5-6/h1-2,5,11H,3-4H2. The molecule has 0 atom stereocenters. The maximum absolute atomic E-state index is 9.05. The van der Waals surface area contributed by atoms with E-state index in [1.54, 1.807) is 12.1 Å². The molecule has 0 aromatic heterocycles. The molecular formula is C8H8Cl2O. The topological polar surface area (TPSA) is 20.2 Å². The molecular weight excluding hydrogens is 183 g/mol. The zero-order valence-corrected chi connectivity index (χ0v) is 7.36. The van der Waals surface area contributed by atoms with Gasteiger partial charge in [0.15, 0.2) is 0 Å². The third-order valence-electron chi connectivity index (χ3n) is 1.40. The van der Waals surface area contributed by atoms with Crippen molar-refractivity contribution in [2.45, 2.75) is 6.42 Å². The van der Waals surface area contributed by atoms with Gasteiger partial charge in [-0.05, 0) is 24.1 Å². The van der Waals surface area contributed by atoms with Crippen molar-refractivity contribution >= 4 is 23.2 Å². The normalized spacial score (nSPS) is 10.0. The van der Waals surface area contributed by atoms with Crippen LogP contribution in [0.3, 0.4) is 0 Å². The molecule has 0 unspecified atom stereocenters. The van der Waals surface area contributed by atoms with Crippen molar-refractivity contribution in [3.63, 3.8) is 0 Å². The Morgan fingerprint density at radius 2 is 2.09 bits per heavy atom. The summed E-state index contributed by atoms with van der Waals surface area (Å²) < 4.78 is 0. The van der Waals surface area contributed by atoms with Crippen LogP contribution in [0.5, 0.6) is 5.75 Å². The monoisotopic (exact) mass is 190 g/mol. The second-order valence-corrected chi connectivity index (χ2v) is 3.01. The molecule has 1 rings (SSSR count). The second-order valence-electron chi connectivity index (χ2n) is 2.22. The Balaban J connectivity index is 2.86. The minimum Gasteiger partial charge on any atom is -0.506 e. The highest BCUT2D eigenvalue weighted by Crippen LogP contribution is 2.23. The second kappa shape index (κ2) is 3.84. The van der Waals surface area contributed by atoms with Crippen LogP contribution >= 0.6 is 23.2 Å². The number of aryl methyl sites for hydroxylation is 1. The smallest absolute Gasteiger partial charge is 0.134 e. The van der Waals surface area contributed by atoms with Gasteiger partial charge in [-0.2, -0.15) is 0 Å². The molecule has 11 heavy (non-hydrogen) atoms. The largest absolute Gasteiger partial charge is 0.506 e. The van der Waals surface area contributed by atoms with Gasteiger partial charge in [0.25, 0.3) is 0 Å². The number of phenols is 1. The van der Waals surface area contributed by atoms with E-state index in [2.05, 4.69) is 0 Å². The van der Waals surface area contributed by atoms with E-state index < -0.39 is 0 Å². The van der Waals surface area contributed by atoms with Gasteiger partial charge in [0, 0.05) is 5.88 Å². The average Bonchev–Trinajstić information content (AvgIpc) is 1.98. The van der Waals surface area contributed by atoms with E-state index in [9.17, 15) is 0 Å². The van der Waals surface area contributed by atoms with Crippen molar-refractivity contribution in [2.24, 2.45) is 0 Å². The molecule has 60 valence electrons. The Bertz CT molecular complexity index is 248. The van der Waals surface area contributed by atoms with Crippen LogP contribution in [0.2, 0.25) is 5.02 Å². The number of aromatic hydroxyl groups is 1. The maximum Gasteiger partial charge on any atom is 0.134 e. The summed E-state index contributed by atoms with van der Waals surface area (Å²) in [7, 11) is 0. The fraction of sp³-hybridized carbons (Fsp3) is 0.250. The van der Waals surface area contributed by atoms with Gasteiger partial charge in [-0.15, -0.1) is 11.6 Å². The molecule has 0 aliphatic carbocycles.